The summed E-state index contributed by atoms with van der Waals surface area (Å²) in [5.41, 5.74) is 0. The van der Waals surface area contributed by atoms with E-state index >= 15 is 0 Å². The lowest BCUT2D eigenvalue weighted by atomic mass is 10.4. The molecule has 0 fully saturated rings. The van der Waals surface area contributed by atoms with Gasteiger partial charge in [-0.25, -0.2) is 9.37 Å². The largest absolute Gasteiger partial charge is 0.367 e. The van der Waals surface area contributed by atoms with E-state index in [9.17, 15) is 4.39 Å². The zero-order chi connectivity index (χ0) is 11.1. The van der Waals surface area contributed by atoms with E-state index in [0.29, 0.717) is 16.8 Å². The molecule has 2 nitrogen and oxygen atoms in total. The van der Waals surface area contributed by atoms with Gasteiger partial charge < -0.3 is 5.32 Å². The number of terminal acetylenes is 1. The maximum absolute atomic E-state index is 13.2. The van der Waals surface area contributed by atoms with Crippen molar-refractivity contribution in [2.45, 2.75) is 0 Å². The van der Waals surface area contributed by atoms with Gasteiger partial charge in [-0.1, -0.05) is 5.92 Å². The van der Waals surface area contributed by atoms with Crippen LogP contribution in [0.3, 0.4) is 0 Å². The van der Waals surface area contributed by atoms with Gasteiger partial charge >= 0.3 is 0 Å². The van der Waals surface area contributed by atoms with Gasteiger partial charge in [0, 0.05) is 23.0 Å². The second-order valence-corrected chi connectivity index (χ2v) is 4.69. The van der Waals surface area contributed by atoms with Crippen LogP contribution in [0.4, 0.5) is 10.2 Å². The van der Waals surface area contributed by atoms with Gasteiger partial charge in [0.05, 0.1) is 5.75 Å². The molecule has 0 spiro atoms. The Bertz CT molecular complexity index is 365. The molecule has 1 aromatic rings. The molecular weight excluding hydrogens is 279 g/mol. The first-order valence-electron chi connectivity index (χ1n) is 4.30. The van der Waals surface area contributed by atoms with Crippen molar-refractivity contribution in [2.24, 2.45) is 0 Å². The molecule has 1 rings (SSSR count). The first kappa shape index (κ1) is 12.3. The molecular formula is C10H10BrFN2S. The van der Waals surface area contributed by atoms with E-state index in [-0.39, 0.29) is 11.6 Å². The Morgan fingerprint density at radius 2 is 2.47 bits per heavy atom. The molecule has 0 radical (unpaired) electrons. The van der Waals surface area contributed by atoms with Crippen molar-refractivity contribution in [1.82, 2.24) is 4.98 Å². The summed E-state index contributed by atoms with van der Waals surface area (Å²) in [6.45, 7) is 0.651. The van der Waals surface area contributed by atoms with Crippen molar-refractivity contribution in [2.75, 3.05) is 23.4 Å². The van der Waals surface area contributed by atoms with Gasteiger partial charge in [-0.3, -0.25) is 0 Å². The highest BCUT2D eigenvalue weighted by atomic mass is 79.9. The average Bonchev–Trinajstić information content (AvgIpc) is 2.20. The van der Waals surface area contributed by atoms with E-state index in [1.807, 2.05) is 0 Å². The van der Waals surface area contributed by atoms with Crippen LogP contribution in [0.2, 0.25) is 0 Å². The number of halogens is 2. The molecule has 80 valence electrons. The lowest BCUT2D eigenvalue weighted by molar-refractivity contribution is 0.624. The topological polar surface area (TPSA) is 24.9 Å². The third kappa shape index (κ3) is 4.54. The highest BCUT2D eigenvalue weighted by Crippen LogP contribution is 2.15. The van der Waals surface area contributed by atoms with Crippen molar-refractivity contribution in [3.8, 4) is 12.3 Å². The van der Waals surface area contributed by atoms with Crippen molar-refractivity contribution in [3.63, 3.8) is 0 Å². The Morgan fingerprint density at radius 3 is 3.13 bits per heavy atom. The quantitative estimate of drug-likeness (QED) is 0.666. The average molecular weight is 289 g/mol. The zero-order valence-corrected chi connectivity index (χ0v) is 10.4. The maximum Gasteiger partial charge on any atom is 0.166 e. The normalized spacial score (nSPS) is 9.67. The van der Waals surface area contributed by atoms with Crippen LogP contribution in [0.5, 0.6) is 0 Å². The van der Waals surface area contributed by atoms with Crippen molar-refractivity contribution >= 4 is 33.5 Å². The lowest BCUT2D eigenvalue weighted by Crippen LogP contribution is -2.07. The first-order chi connectivity index (χ1) is 7.24. The van der Waals surface area contributed by atoms with Gasteiger partial charge in [0.15, 0.2) is 11.6 Å². The molecule has 5 heteroatoms. The van der Waals surface area contributed by atoms with Crippen LogP contribution in [0.25, 0.3) is 0 Å². The van der Waals surface area contributed by atoms with E-state index < -0.39 is 0 Å². The monoisotopic (exact) mass is 288 g/mol. The number of nitrogens with one attached hydrogen (secondary N) is 1. The fourth-order valence-corrected chi connectivity index (χ4v) is 1.73. The van der Waals surface area contributed by atoms with Gasteiger partial charge in [0.1, 0.15) is 0 Å². The molecule has 0 saturated carbocycles. The second kappa shape index (κ2) is 6.70. The van der Waals surface area contributed by atoms with Gasteiger partial charge in [0.2, 0.25) is 0 Å². The van der Waals surface area contributed by atoms with Crippen LogP contribution < -0.4 is 5.32 Å². The number of pyridine rings is 1. The van der Waals surface area contributed by atoms with Crippen molar-refractivity contribution < 1.29 is 4.39 Å². The number of hydrogen-bond acceptors (Lipinski definition) is 3. The summed E-state index contributed by atoms with van der Waals surface area (Å²) in [7, 11) is 0. The summed E-state index contributed by atoms with van der Waals surface area (Å²) in [4.78, 5) is 3.91. The van der Waals surface area contributed by atoms with E-state index in [1.54, 1.807) is 18.0 Å². The summed E-state index contributed by atoms with van der Waals surface area (Å²) in [6, 6.07) is 1.38. The van der Waals surface area contributed by atoms with Crippen LogP contribution in [0.15, 0.2) is 16.7 Å². The standard InChI is InChI=1S/C10H10BrFN2S/c1-2-4-15-5-3-13-10-9(12)6-8(11)7-14-10/h1,6-7H,3-5H2,(H,13,14). The Labute approximate surface area is 101 Å². The number of thioether (sulfide) groups is 1. The molecule has 0 unspecified atom stereocenters. The minimum absolute atomic E-state index is 0.277. The van der Waals surface area contributed by atoms with Crippen LogP contribution in [0.1, 0.15) is 0 Å². The highest BCUT2D eigenvalue weighted by molar-refractivity contribution is 9.10. The Balaban J connectivity index is 2.35. The van der Waals surface area contributed by atoms with Crippen LogP contribution in [0, 0.1) is 18.2 Å². The van der Waals surface area contributed by atoms with E-state index in [1.165, 1.54) is 6.07 Å². The number of aromatic nitrogens is 1. The number of hydrogen-bond donors (Lipinski definition) is 1. The molecule has 15 heavy (non-hydrogen) atoms. The summed E-state index contributed by atoms with van der Waals surface area (Å²) < 4.78 is 13.9. The van der Waals surface area contributed by atoms with Crippen LogP contribution >= 0.6 is 27.7 Å². The number of nitrogens with zero attached hydrogens (tertiary/aromatic N) is 1. The molecule has 0 aliphatic rings. The molecule has 0 amide bonds. The Hall–Kier alpha value is -0.730. The SMILES string of the molecule is C#CCSCCNc1ncc(Br)cc1F. The van der Waals surface area contributed by atoms with E-state index in [4.69, 9.17) is 6.42 Å². The molecule has 0 saturated heterocycles. The van der Waals surface area contributed by atoms with Crippen molar-refractivity contribution in [1.29, 1.82) is 0 Å². The molecule has 0 aliphatic heterocycles. The van der Waals surface area contributed by atoms with Gasteiger partial charge in [-0.2, -0.15) is 0 Å². The van der Waals surface area contributed by atoms with E-state index in [2.05, 4.69) is 32.2 Å². The fourth-order valence-electron chi connectivity index (χ4n) is 0.917. The Morgan fingerprint density at radius 1 is 1.67 bits per heavy atom. The lowest BCUT2D eigenvalue weighted by Gasteiger charge is -2.05. The van der Waals surface area contributed by atoms with Gasteiger partial charge in [-0.05, 0) is 22.0 Å². The predicted octanol–water partition coefficient (Wildman–Crippen LogP) is 2.76. The van der Waals surface area contributed by atoms with Crippen LogP contribution in [-0.2, 0) is 0 Å². The molecule has 1 N–H and O–H groups in total. The van der Waals surface area contributed by atoms with E-state index in [0.717, 1.165) is 5.75 Å². The fraction of sp³-hybridized carbons (Fsp3) is 0.300. The number of rotatable bonds is 5. The molecule has 0 bridgehead atoms. The third-order valence-electron chi connectivity index (χ3n) is 1.53. The zero-order valence-electron chi connectivity index (χ0n) is 7.96. The summed E-state index contributed by atoms with van der Waals surface area (Å²) in [5, 5.41) is 2.90. The summed E-state index contributed by atoms with van der Waals surface area (Å²) in [5.74, 6) is 3.96. The molecule has 1 aromatic heterocycles. The number of anilines is 1. The molecule has 0 aliphatic carbocycles. The van der Waals surface area contributed by atoms with Gasteiger partial charge in [0.25, 0.3) is 0 Å². The van der Waals surface area contributed by atoms with Gasteiger partial charge in [-0.15, -0.1) is 18.2 Å². The first-order valence-corrected chi connectivity index (χ1v) is 6.25. The smallest absolute Gasteiger partial charge is 0.166 e. The maximum atomic E-state index is 13.2. The molecule has 0 aromatic carbocycles. The third-order valence-corrected chi connectivity index (χ3v) is 2.83. The van der Waals surface area contributed by atoms with Crippen molar-refractivity contribution in [3.05, 3.63) is 22.6 Å². The molecule has 1 heterocycles. The molecule has 0 atom stereocenters. The minimum Gasteiger partial charge on any atom is -0.367 e. The second-order valence-electron chi connectivity index (χ2n) is 2.67. The predicted molar refractivity (Wildman–Crippen MR) is 66.5 cm³/mol. The van der Waals surface area contributed by atoms with Crippen LogP contribution in [-0.4, -0.2) is 23.0 Å². The summed E-state index contributed by atoms with van der Waals surface area (Å²) in [6.07, 6.45) is 6.65. The minimum atomic E-state index is -0.355. The Kier molecular flexibility index (Phi) is 5.51. The summed E-state index contributed by atoms with van der Waals surface area (Å²) >= 11 is 4.77. The highest BCUT2D eigenvalue weighted by Gasteiger charge is 2.02.